The van der Waals surface area contributed by atoms with Crippen molar-refractivity contribution in [2.45, 2.75) is 51.4 Å². The minimum absolute atomic E-state index is 0. The summed E-state index contributed by atoms with van der Waals surface area (Å²) in [6.07, 6.45) is 0.924. The lowest BCUT2D eigenvalue weighted by atomic mass is 9.78. The molecular weight excluding hydrogens is 357 g/mol. The van der Waals surface area contributed by atoms with E-state index in [0.29, 0.717) is 24.7 Å². The molecule has 1 unspecified atom stereocenters. The highest BCUT2D eigenvalue weighted by Crippen LogP contribution is 2.36. The molecule has 144 valence electrons. The molecule has 26 heavy (non-hydrogen) atoms. The summed E-state index contributed by atoms with van der Waals surface area (Å²) in [5, 5.41) is 3.19. The summed E-state index contributed by atoms with van der Waals surface area (Å²) in [6, 6.07) is 4.72. The number of carbonyl (C=O) groups excluding carboxylic acids is 1. The summed E-state index contributed by atoms with van der Waals surface area (Å²) in [5.74, 6) is -0.514. The molecule has 0 bridgehead atoms. The van der Waals surface area contributed by atoms with E-state index in [1.54, 1.807) is 11.0 Å². The van der Waals surface area contributed by atoms with Crippen LogP contribution in [0.5, 0.6) is 0 Å². The molecule has 1 N–H and O–H groups in total. The maximum absolute atomic E-state index is 14.4. The van der Waals surface area contributed by atoms with Gasteiger partial charge in [0, 0.05) is 30.2 Å². The Morgan fingerprint density at radius 3 is 2.42 bits per heavy atom. The lowest BCUT2D eigenvalue weighted by Gasteiger charge is -2.32. The highest BCUT2D eigenvalue weighted by atomic mass is 35.5. The van der Waals surface area contributed by atoms with Crippen molar-refractivity contribution >= 4 is 30.9 Å². The minimum Gasteiger partial charge on any atom is -0.399 e. The average Bonchev–Trinajstić information content (AvgIpc) is 3.09. The molecule has 0 spiro atoms. The van der Waals surface area contributed by atoms with Gasteiger partial charge in [-0.3, -0.25) is 4.79 Å². The zero-order valence-electron chi connectivity index (χ0n) is 16.0. The molecule has 2 saturated heterocycles. The van der Waals surface area contributed by atoms with Crippen molar-refractivity contribution in [1.82, 2.24) is 10.2 Å². The fraction of sp³-hybridized carbons (Fsp3) is 0.611. The van der Waals surface area contributed by atoms with E-state index in [0.717, 1.165) is 6.42 Å². The number of nitrogens with one attached hydrogen (secondary N) is 1. The van der Waals surface area contributed by atoms with E-state index in [4.69, 9.17) is 9.31 Å². The Hall–Kier alpha value is -1.15. The van der Waals surface area contributed by atoms with Gasteiger partial charge >= 0.3 is 7.12 Å². The number of nitrogens with zero attached hydrogens (tertiary/aromatic N) is 1. The average molecular weight is 385 g/mol. The highest BCUT2D eigenvalue weighted by molar-refractivity contribution is 6.62. The molecule has 0 radical (unpaired) electrons. The van der Waals surface area contributed by atoms with Crippen LogP contribution >= 0.6 is 12.4 Å². The van der Waals surface area contributed by atoms with Gasteiger partial charge in [0.15, 0.2) is 0 Å². The van der Waals surface area contributed by atoms with Crippen LogP contribution in [0, 0.1) is 5.82 Å². The van der Waals surface area contributed by atoms with Gasteiger partial charge in [0.25, 0.3) is 5.91 Å². The van der Waals surface area contributed by atoms with Gasteiger partial charge in [-0.05, 0) is 59.4 Å². The normalized spacial score (nSPS) is 23.8. The molecule has 5 nitrogen and oxygen atoms in total. The lowest BCUT2D eigenvalue weighted by molar-refractivity contribution is 0.00578. The molecule has 1 atom stereocenters. The fourth-order valence-corrected chi connectivity index (χ4v) is 3.19. The van der Waals surface area contributed by atoms with E-state index in [1.807, 2.05) is 34.7 Å². The van der Waals surface area contributed by atoms with Crippen molar-refractivity contribution in [2.75, 3.05) is 20.1 Å². The van der Waals surface area contributed by atoms with E-state index >= 15 is 0 Å². The van der Waals surface area contributed by atoms with Gasteiger partial charge in [-0.15, -0.1) is 12.4 Å². The van der Waals surface area contributed by atoms with Crippen LogP contribution in [0.2, 0.25) is 0 Å². The zero-order chi connectivity index (χ0) is 18.4. The third kappa shape index (κ3) is 3.76. The largest absolute Gasteiger partial charge is 0.497 e. The van der Waals surface area contributed by atoms with Crippen LogP contribution in [0.25, 0.3) is 0 Å². The first-order valence-electron chi connectivity index (χ1n) is 8.76. The number of benzene rings is 1. The molecule has 1 aromatic rings. The highest BCUT2D eigenvalue weighted by Gasteiger charge is 2.52. The van der Waals surface area contributed by atoms with Crippen molar-refractivity contribution in [3.05, 3.63) is 29.6 Å². The second-order valence-electron chi connectivity index (χ2n) is 7.85. The monoisotopic (exact) mass is 384 g/mol. The Bertz CT molecular complexity index is 670. The topological polar surface area (TPSA) is 50.8 Å². The Morgan fingerprint density at radius 1 is 1.27 bits per heavy atom. The van der Waals surface area contributed by atoms with E-state index in [1.165, 1.54) is 12.1 Å². The summed E-state index contributed by atoms with van der Waals surface area (Å²) in [7, 11) is 1.08. The van der Waals surface area contributed by atoms with Crippen LogP contribution in [0.4, 0.5) is 4.39 Å². The van der Waals surface area contributed by atoms with Gasteiger partial charge < -0.3 is 19.5 Å². The minimum atomic E-state index is -0.818. The maximum Gasteiger partial charge on any atom is 0.497 e. The molecule has 0 aliphatic carbocycles. The third-order valence-corrected chi connectivity index (χ3v) is 5.63. The molecule has 0 saturated carbocycles. The zero-order valence-corrected chi connectivity index (χ0v) is 16.8. The number of halogens is 2. The van der Waals surface area contributed by atoms with Crippen molar-refractivity contribution in [3.63, 3.8) is 0 Å². The molecule has 2 heterocycles. The third-order valence-electron chi connectivity index (χ3n) is 5.63. The van der Waals surface area contributed by atoms with Crippen LogP contribution in [-0.2, 0) is 9.31 Å². The second kappa shape index (κ2) is 7.47. The molecule has 8 heteroatoms. The van der Waals surface area contributed by atoms with Crippen molar-refractivity contribution < 1.29 is 18.5 Å². The summed E-state index contributed by atoms with van der Waals surface area (Å²) < 4.78 is 26.2. The van der Waals surface area contributed by atoms with Crippen molar-refractivity contribution in [2.24, 2.45) is 0 Å². The van der Waals surface area contributed by atoms with Crippen LogP contribution in [-0.4, -0.2) is 55.3 Å². The molecular formula is C18H27BClFN2O3. The predicted molar refractivity (Wildman–Crippen MR) is 103 cm³/mol. The molecule has 1 aromatic carbocycles. The summed E-state index contributed by atoms with van der Waals surface area (Å²) >= 11 is 0. The van der Waals surface area contributed by atoms with Gasteiger partial charge in [0.1, 0.15) is 5.82 Å². The van der Waals surface area contributed by atoms with Crippen molar-refractivity contribution in [3.8, 4) is 0 Å². The van der Waals surface area contributed by atoms with E-state index in [2.05, 4.69) is 5.32 Å². The number of hydrogen-bond donors (Lipinski definition) is 1. The summed E-state index contributed by atoms with van der Waals surface area (Å²) in [4.78, 5) is 14.5. The van der Waals surface area contributed by atoms with Gasteiger partial charge in [-0.25, -0.2) is 4.39 Å². The smallest absolute Gasteiger partial charge is 0.399 e. The van der Waals surface area contributed by atoms with Crippen LogP contribution in [0.3, 0.4) is 0 Å². The van der Waals surface area contributed by atoms with E-state index in [9.17, 15) is 9.18 Å². The predicted octanol–water partition coefficient (Wildman–Crippen LogP) is 1.98. The Labute approximate surface area is 161 Å². The lowest BCUT2D eigenvalue weighted by Crippen LogP contribution is -2.41. The second-order valence-corrected chi connectivity index (χ2v) is 7.85. The van der Waals surface area contributed by atoms with Gasteiger partial charge in [0.2, 0.25) is 0 Å². The van der Waals surface area contributed by atoms with Gasteiger partial charge in [-0.1, -0.05) is 0 Å². The Balaban J connectivity index is 0.00000243. The Kier molecular flexibility index (Phi) is 6.08. The van der Waals surface area contributed by atoms with E-state index in [-0.39, 0.29) is 23.8 Å². The molecule has 2 fully saturated rings. The summed E-state index contributed by atoms with van der Waals surface area (Å²) in [6.45, 7) is 9.04. The SMILES string of the molecule is CNC1CCN(C(=O)c2ccc(F)c(B3OC(C)(C)C(C)(C)O3)c2)C1.Cl. The molecule has 1 amide bonds. The molecule has 3 rings (SSSR count). The fourth-order valence-electron chi connectivity index (χ4n) is 3.19. The number of rotatable bonds is 3. The number of likely N-dealkylation sites (tertiary alicyclic amines) is 1. The summed E-state index contributed by atoms with van der Waals surface area (Å²) in [5.41, 5.74) is -0.380. The number of likely N-dealkylation sites (N-methyl/N-ethyl adjacent to an activating group) is 1. The molecule has 0 aromatic heterocycles. The number of hydrogen-bond acceptors (Lipinski definition) is 4. The van der Waals surface area contributed by atoms with Crippen LogP contribution in [0.15, 0.2) is 18.2 Å². The van der Waals surface area contributed by atoms with Crippen molar-refractivity contribution in [1.29, 1.82) is 0 Å². The molecule has 2 aliphatic rings. The first kappa shape index (κ1) is 21.2. The Morgan fingerprint density at radius 2 is 1.88 bits per heavy atom. The first-order chi connectivity index (χ1) is 11.6. The van der Waals surface area contributed by atoms with Crippen LogP contribution < -0.4 is 10.8 Å². The maximum atomic E-state index is 14.4. The number of carbonyl (C=O) groups is 1. The quantitative estimate of drug-likeness (QED) is 0.810. The van der Waals surface area contributed by atoms with Crippen LogP contribution in [0.1, 0.15) is 44.5 Å². The van der Waals surface area contributed by atoms with E-state index < -0.39 is 24.1 Å². The molecule has 2 aliphatic heterocycles. The number of amides is 1. The first-order valence-corrected chi connectivity index (χ1v) is 8.76. The van der Waals surface area contributed by atoms with Gasteiger partial charge in [0.05, 0.1) is 11.2 Å². The van der Waals surface area contributed by atoms with Gasteiger partial charge in [-0.2, -0.15) is 0 Å². The standard InChI is InChI=1S/C18H26BFN2O3.ClH/c1-17(2)18(3,4)25-19(24-17)14-10-12(6-7-15(14)20)16(23)22-9-8-13(11-22)21-5;/h6-7,10,13,21H,8-9,11H2,1-5H3;1H.